The van der Waals surface area contributed by atoms with Crippen LogP contribution in [-0.4, -0.2) is 17.1 Å². The second-order valence-corrected chi connectivity index (χ2v) is 5.04. The first-order valence-corrected chi connectivity index (χ1v) is 5.96. The van der Waals surface area contributed by atoms with Crippen molar-refractivity contribution in [1.82, 2.24) is 0 Å². The highest BCUT2D eigenvalue weighted by atomic mass is 79.9. The number of halogens is 1. The maximum Gasteiger partial charge on any atom is 0.326 e. The van der Waals surface area contributed by atoms with Gasteiger partial charge in [-0.15, -0.1) is 0 Å². The van der Waals surface area contributed by atoms with Crippen LogP contribution < -0.4 is 5.32 Å². The second kappa shape index (κ2) is 5.34. The van der Waals surface area contributed by atoms with Crippen LogP contribution in [0.15, 0.2) is 22.7 Å². The quantitative estimate of drug-likeness (QED) is 0.893. The molecule has 0 saturated heterocycles. The molecule has 1 rings (SSSR count). The summed E-state index contributed by atoms with van der Waals surface area (Å²) in [4.78, 5) is 11.0. The number of carbonyl (C=O) groups is 1. The number of aliphatic carboxylic acids is 1. The Labute approximate surface area is 104 Å². The van der Waals surface area contributed by atoms with Crippen molar-refractivity contribution in [3.63, 3.8) is 0 Å². The fraction of sp³-hybridized carbons (Fsp3) is 0.417. The van der Waals surface area contributed by atoms with Crippen molar-refractivity contribution in [1.29, 1.82) is 0 Å². The van der Waals surface area contributed by atoms with Gasteiger partial charge in [0.1, 0.15) is 6.04 Å². The molecule has 1 aromatic carbocycles. The third-order valence-electron chi connectivity index (χ3n) is 2.37. The van der Waals surface area contributed by atoms with Gasteiger partial charge in [-0.1, -0.05) is 19.9 Å². The zero-order valence-corrected chi connectivity index (χ0v) is 11.2. The van der Waals surface area contributed by atoms with Gasteiger partial charge in [0.15, 0.2) is 0 Å². The first-order chi connectivity index (χ1) is 7.41. The number of hydrogen-bond acceptors (Lipinski definition) is 2. The second-order valence-electron chi connectivity index (χ2n) is 4.19. The molecular formula is C12H16BrNO2. The van der Waals surface area contributed by atoms with Crippen LogP contribution in [-0.2, 0) is 4.79 Å². The molecule has 2 N–H and O–H groups in total. The molecule has 0 amide bonds. The molecule has 4 heteroatoms. The summed E-state index contributed by atoms with van der Waals surface area (Å²) in [7, 11) is 0. The predicted octanol–water partition coefficient (Wildman–Crippen LogP) is 3.28. The molecular weight excluding hydrogens is 270 g/mol. The predicted molar refractivity (Wildman–Crippen MR) is 68.8 cm³/mol. The maximum atomic E-state index is 11.0. The van der Waals surface area contributed by atoms with Crippen molar-refractivity contribution in [2.75, 3.05) is 5.32 Å². The molecule has 0 heterocycles. The van der Waals surface area contributed by atoms with E-state index in [-0.39, 0.29) is 5.92 Å². The number of nitrogens with one attached hydrogen (secondary N) is 1. The Balaban J connectivity index is 2.90. The normalized spacial score (nSPS) is 12.6. The van der Waals surface area contributed by atoms with Gasteiger partial charge in [-0.25, -0.2) is 4.79 Å². The summed E-state index contributed by atoms with van der Waals surface area (Å²) in [5, 5.41) is 12.1. The van der Waals surface area contributed by atoms with Crippen molar-refractivity contribution in [2.24, 2.45) is 5.92 Å². The minimum Gasteiger partial charge on any atom is -0.480 e. The van der Waals surface area contributed by atoms with Gasteiger partial charge < -0.3 is 10.4 Å². The Hall–Kier alpha value is -1.03. The van der Waals surface area contributed by atoms with Crippen LogP contribution >= 0.6 is 15.9 Å². The minimum absolute atomic E-state index is 0.0331. The van der Waals surface area contributed by atoms with Crippen molar-refractivity contribution in [3.05, 3.63) is 28.2 Å². The topological polar surface area (TPSA) is 49.3 Å². The summed E-state index contributed by atoms with van der Waals surface area (Å²) in [5.74, 6) is -0.798. The van der Waals surface area contributed by atoms with Crippen LogP contribution in [0.4, 0.5) is 5.69 Å². The molecule has 0 bridgehead atoms. The summed E-state index contributed by atoms with van der Waals surface area (Å²) < 4.78 is 0.888. The van der Waals surface area contributed by atoms with E-state index in [1.54, 1.807) is 0 Å². The molecule has 1 atom stereocenters. The SMILES string of the molecule is Cc1ccc(NC(C(=O)O)C(C)C)c(Br)c1. The van der Waals surface area contributed by atoms with E-state index in [1.165, 1.54) is 0 Å². The molecule has 0 radical (unpaired) electrons. The standard InChI is InChI=1S/C12H16BrNO2/c1-7(2)11(12(15)16)14-10-5-4-8(3)6-9(10)13/h4-7,11,14H,1-3H3,(H,15,16). The molecule has 0 fully saturated rings. The highest BCUT2D eigenvalue weighted by molar-refractivity contribution is 9.10. The third kappa shape index (κ3) is 3.23. The van der Waals surface area contributed by atoms with E-state index in [1.807, 2.05) is 39.0 Å². The zero-order valence-electron chi connectivity index (χ0n) is 9.62. The molecule has 0 aliphatic heterocycles. The van der Waals surface area contributed by atoms with Crippen LogP contribution in [0.2, 0.25) is 0 Å². The highest BCUT2D eigenvalue weighted by Gasteiger charge is 2.21. The molecule has 0 saturated carbocycles. The Bertz CT molecular complexity index is 391. The lowest BCUT2D eigenvalue weighted by atomic mass is 10.0. The highest BCUT2D eigenvalue weighted by Crippen LogP contribution is 2.25. The van der Waals surface area contributed by atoms with Gasteiger partial charge in [-0.05, 0) is 46.5 Å². The molecule has 0 aromatic heterocycles. The Morgan fingerprint density at radius 2 is 2.06 bits per heavy atom. The van der Waals surface area contributed by atoms with Gasteiger partial charge in [0, 0.05) is 10.2 Å². The first-order valence-electron chi connectivity index (χ1n) is 5.17. The minimum atomic E-state index is -0.831. The lowest BCUT2D eigenvalue weighted by Crippen LogP contribution is -2.34. The molecule has 3 nitrogen and oxygen atoms in total. The smallest absolute Gasteiger partial charge is 0.326 e. The average molecular weight is 286 g/mol. The summed E-state index contributed by atoms with van der Waals surface area (Å²) in [6, 6.07) is 5.23. The van der Waals surface area contributed by atoms with E-state index in [0.717, 1.165) is 15.7 Å². The monoisotopic (exact) mass is 285 g/mol. The number of carboxylic acids is 1. The number of hydrogen-bond donors (Lipinski definition) is 2. The number of benzene rings is 1. The van der Waals surface area contributed by atoms with Gasteiger partial charge in [-0.2, -0.15) is 0 Å². The van der Waals surface area contributed by atoms with Gasteiger partial charge in [-0.3, -0.25) is 0 Å². The molecule has 88 valence electrons. The van der Waals surface area contributed by atoms with Gasteiger partial charge in [0.25, 0.3) is 0 Å². The number of aryl methyl sites for hydroxylation is 1. The number of carboxylic acid groups (broad SMARTS) is 1. The third-order valence-corrected chi connectivity index (χ3v) is 3.02. The van der Waals surface area contributed by atoms with Crippen molar-refractivity contribution >= 4 is 27.6 Å². The van der Waals surface area contributed by atoms with E-state index >= 15 is 0 Å². The lowest BCUT2D eigenvalue weighted by Gasteiger charge is -2.20. The van der Waals surface area contributed by atoms with Crippen LogP contribution in [0.25, 0.3) is 0 Å². The van der Waals surface area contributed by atoms with Crippen molar-refractivity contribution < 1.29 is 9.90 Å². The molecule has 0 spiro atoms. The van der Waals surface area contributed by atoms with Crippen molar-refractivity contribution in [3.8, 4) is 0 Å². The zero-order chi connectivity index (χ0) is 12.3. The maximum absolute atomic E-state index is 11.0. The molecule has 1 unspecified atom stereocenters. The fourth-order valence-electron chi connectivity index (χ4n) is 1.42. The van der Waals surface area contributed by atoms with E-state index in [0.29, 0.717) is 0 Å². The summed E-state index contributed by atoms with van der Waals surface area (Å²) in [6.45, 7) is 5.76. The summed E-state index contributed by atoms with van der Waals surface area (Å²) >= 11 is 3.42. The summed E-state index contributed by atoms with van der Waals surface area (Å²) in [5.41, 5.74) is 1.94. The molecule has 0 aliphatic rings. The van der Waals surface area contributed by atoms with E-state index in [4.69, 9.17) is 5.11 Å². The van der Waals surface area contributed by atoms with Crippen LogP contribution in [0.5, 0.6) is 0 Å². The fourth-order valence-corrected chi connectivity index (χ4v) is 2.03. The van der Waals surface area contributed by atoms with E-state index in [9.17, 15) is 4.79 Å². The largest absolute Gasteiger partial charge is 0.480 e. The van der Waals surface area contributed by atoms with Crippen LogP contribution in [0, 0.1) is 12.8 Å². The number of rotatable bonds is 4. The Kier molecular flexibility index (Phi) is 4.35. The first kappa shape index (κ1) is 13.0. The average Bonchev–Trinajstić information content (AvgIpc) is 2.15. The van der Waals surface area contributed by atoms with E-state index < -0.39 is 12.0 Å². The van der Waals surface area contributed by atoms with Gasteiger partial charge in [0.2, 0.25) is 0 Å². The van der Waals surface area contributed by atoms with Gasteiger partial charge in [0.05, 0.1) is 0 Å². The summed E-state index contributed by atoms with van der Waals surface area (Å²) in [6.07, 6.45) is 0. The van der Waals surface area contributed by atoms with Crippen LogP contribution in [0.3, 0.4) is 0 Å². The van der Waals surface area contributed by atoms with E-state index in [2.05, 4.69) is 21.2 Å². The Morgan fingerprint density at radius 3 is 2.50 bits per heavy atom. The Morgan fingerprint density at radius 1 is 1.44 bits per heavy atom. The molecule has 16 heavy (non-hydrogen) atoms. The van der Waals surface area contributed by atoms with Crippen LogP contribution in [0.1, 0.15) is 19.4 Å². The molecule has 1 aromatic rings. The van der Waals surface area contributed by atoms with Gasteiger partial charge >= 0.3 is 5.97 Å². The lowest BCUT2D eigenvalue weighted by molar-refractivity contribution is -0.138. The van der Waals surface area contributed by atoms with Crippen molar-refractivity contribution in [2.45, 2.75) is 26.8 Å². The molecule has 0 aliphatic carbocycles. The number of anilines is 1.